The van der Waals surface area contributed by atoms with E-state index in [-0.39, 0.29) is 12.1 Å². The third kappa shape index (κ3) is 2.58. The Balaban J connectivity index is 1.59. The Bertz CT molecular complexity index is 967. The van der Waals surface area contributed by atoms with Crippen molar-refractivity contribution in [2.45, 2.75) is 25.1 Å². The van der Waals surface area contributed by atoms with Gasteiger partial charge in [-0.05, 0) is 31.2 Å². The molecule has 0 saturated carbocycles. The number of urea groups is 1. The van der Waals surface area contributed by atoms with Crippen molar-refractivity contribution in [2.75, 3.05) is 18.1 Å². The SMILES string of the molecule is C[C@]12C[C@@H](NC(=O)N1c1ccc3c(c1)OCCO3)c1cc(Cl)cc(Cl)c1O2. The van der Waals surface area contributed by atoms with Gasteiger partial charge in [-0.2, -0.15) is 0 Å². The summed E-state index contributed by atoms with van der Waals surface area (Å²) in [6, 6.07) is 8.36. The summed E-state index contributed by atoms with van der Waals surface area (Å²) >= 11 is 12.5. The molecular weight excluding hydrogens is 391 g/mol. The fraction of sp³-hybridized carbons (Fsp3) is 0.316. The summed E-state index contributed by atoms with van der Waals surface area (Å²) < 4.78 is 17.5. The van der Waals surface area contributed by atoms with Crippen LogP contribution in [0.5, 0.6) is 17.2 Å². The molecule has 3 heterocycles. The van der Waals surface area contributed by atoms with Crippen LogP contribution < -0.4 is 24.4 Å². The molecule has 6 nitrogen and oxygen atoms in total. The van der Waals surface area contributed by atoms with Crippen LogP contribution in [0.2, 0.25) is 10.0 Å². The molecule has 2 aromatic carbocycles. The van der Waals surface area contributed by atoms with E-state index < -0.39 is 5.72 Å². The smallest absolute Gasteiger partial charge is 0.325 e. The van der Waals surface area contributed by atoms with Gasteiger partial charge in [-0.1, -0.05) is 23.2 Å². The summed E-state index contributed by atoms with van der Waals surface area (Å²) in [4.78, 5) is 14.6. The predicted octanol–water partition coefficient (Wildman–Crippen LogP) is 4.53. The highest BCUT2D eigenvalue weighted by atomic mass is 35.5. The molecule has 3 aliphatic heterocycles. The minimum atomic E-state index is -0.902. The highest BCUT2D eigenvalue weighted by molar-refractivity contribution is 6.35. The molecule has 1 N–H and O–H groups in total. The summed E-state index contributed by atoms with van der Waals surface area (Å²) in [5.74, 6) is 1.82. The average Bonchev–Trinajstić information content (AvgIpc) is 2.62. The van der Waals surface area contributed by atoms with Crippen LogP contribution in [0.1, 0.15) is 24.9 Å². The van der Waals surface area contributed by atoms with Crippen LogP contribution >= 0.6 is 23.2 Å². The zero-order valence-electron chi connectivity index (χ0n) is 14.4. The molecule has 3 aliphatic rings. The molecule has 2 amide bonds. The molecule has 1 fully saturated rings. The number of carbonyl (C=O) groups is 1. The topological polar surface area (TPSA) is 60.0 Å². The number of rotatable bonds is 1. The maximum absolute atomic E-state index is 13.0. The Morgan fingerprint density at radius 3 is 2.74 bits per heavy atom. The molecule has 0 spiro atoms. The minimum Gasteiger partial charge on any atom is -0.486 e. The molecule has 5 rings (SSSR count). The fourth-order valence-electron chi connectivity index (χ4n) is 3.95. The first-order chi connectivity index (χ1) is 12.9. The number of ether oxygens (including phenoxy) is 3. The van der Waals surface area contributed by atoms with Crippen LogP contribution in [0.4, 0.5) is 10.5 Å². The van der Waals surface area contributed by atoms with E-state index in [1.807, 2.05) is 13.0 Å². The minimum absolute atomic E-state index is 0.226. The Hall–Kier alpha value is -2.31. The number of halogens is 2. The average molecular weight is 407 g/mol. The zero-order chi connectivity index (χ0) is 18.8. The van der Waals surface area contributed by atoms with Gasteiger partial charge in [-0.15, -0.1) is 0 Å². The van der Waals surface area contributed by atoms with E-state index in [1.54, 1.807) is 29.2 Å². The van der Waals surface area contributed by atoms with E-state index in [9.17, 15) is 4.79 Å². The molecule has 2 bridgehead atoms. The van der Waals surface area contributed by atoms with Gasteiger partial charge in [0.15, 0.2) is 17.2 Å². The molecule has 0 aromatic heterocycles. The van der Waals surface area contributed by atoms with Gasteiger partial charge >= 0.3 is 6.03 Å². The van der Waals surface area contributed by atoms with E-state index in [1.165, 1.54) is 0 Å². The van der Waals surface area contributed by atoms with Crippen molar-refractivity contribution < 1.29 is 19.0 Å². The van der Waals surface area contributed by atoms with Crippen LogP contribution in [-0.2, 0) is 0 Å². The van der Waals surface area contributed by atoms with Crippen molar-refractivity contribution >= 4 is 34.9 Å². The van der Waals surface area contributed by atoms with E-state index in [2.05, 4.69) is 5.32 Å². The molecule has 27 heavy (non-hydrogen) atoms. The van der Waals surface area contributed by atoms with Gasteiger partial charge in [-0.3, -0.25) is 4.90 Å². The summed E-state index contributed by atoms with van der Waals surface area (Å²) in [6.45, 7) is 2.86. The normalized spacial score (nSPS) is 25.4. The molecule has 0 unspecified atom stereocenters. The molecular formula is C19H16Cl2N2O4. The van der Waals surface area contributed by atoms with Crippen molar-refractivity contribution in [3.63, 3.8) is 0 Å². The number of carbonyl (C=O) groups excluding carboxylic acids is 1. The number of benzene rings is 2. The van der Waals surface area contributed by atoms with Gasteiger partial charge < -0.3 is 19.5 Å². The maximum atomic E-state index is 13.0. The first-order valence-corrected chi connectivity index (χ1v) is 9.38. The highest BCUT2D eigenvalue weighted by Crippen LogP contribution is 2.49. The van der Waals surface area contributed by atoms with Crippen LogP contribution in [0.25, 0.3) is 0 Å². The van der Waals surface area contributed by atoms with Crippen molar-refractivity contribution in [1.29, 1.82) is 0 Å². The lowest BCUT2D eigenvalue weighted by atomic mass is 9.90. The van der Waals surface area contributed by atoms with Crippen LogP contribution in [0.15, 0.2) is 30.3 Å². The number of nitrogens with zero attached hydrogens (tertiary/aromatic N) is 1. The van der Waals surface area contributed by atoms with Gasteiger partial charge in [0.05, 0.1) is 16.8 Å². The summed E-state index contributed by atoms with van der Waals surface area (Å²) in [6.07, 6.45) is 0.552. The third-order valence-electron chi connectivity index (χ3n) is 5.08. The van der Waals surface area contributed by atoms with Crippen LogP contribution in [-0.4, -0.2) is 25.0 Å². The van der Waals surface area contributed by atoms with Crippen molar-refractivity contribution in [1.82, 2.24) is 5.32 Å². The number of anilines is 1. The highest BCUT2D eigenvalue weighted by Gasteiger charge is 2.50. The summed E-state index contributed by atoms with van der Waals surface area (Å²) in [5, 5.41) is 3.96. The number of fused-ring (bicyclic) bond motifs is 5. The van der Waals surface area contributed by atoms with Crippen molar-refractivity contribution in [3.8, 4) is 17.2 Å². The van der Waals surface area contributed by atoms with Crippen LogP contribution in [0.3, 0.4) is 0 Å². The van der Waals surface area contributed by atoms with Crippen molar-refractivity contribution in [2.24, 2.45) is 0 Å². The number of hydrogen-bond acceptors (Lipinski definition) is 4. The Kier molecular flexibility index (Phi) is 3.64. The number of nitrogens with one attached hydrogen (secondary N) is 1. The fourth-order valence-corrected chi connectivity index (χ4v) is 4.50. The maximum Gasteiger partial charge on any atom is 0.325 e. The Morgan fingerprint density at radius 2 is 1.93 bits per heavy atom. The van der Waals surface area contributed by atoms with E-state index in [0.717, 1.165) is 5.56 Å². The van der Waals surface area contributed by atoms with Gasteiger partial charge in [-0.25, -0.2) is 4.79 Å². The lowest BCUT2D eigenvalue weighted by Gasteiger charge is -2.50. The van der Waals surface area contributed by atoms with E-state index in [4.69, 9.17) is 37.4 Å². The zero-order valence-corrected chi connectivity index (χ0v) is 15.9. The molecule has 0 aliphatic carbocycles. The van der Waals surface area contributed by atoms with Gasteiger partial charge in [0.2, 0.25) is 0 Å². The second kappa shape index (κ2) is 5.84. The van der Waals surface area contributed by atoms with E-state index in [0.29, 0.717) is 52.6 Å². The standard InChI is InChI=1S/C19H16Cl2N2O4/c1-19-9-14(12-6-10(20)7-13(21)17(12)27-19)22-18(24)23(19)11-2-3-15-16(8-11)26-5-4-25-15/h2-3,6-8,14H,4-5,9H2,1H3,(H,22,24)/t14-,19+/m1/s1. The predicted molar refractivity (Wildman–Crippen MR) is 101 cm³/mol. The van der Waals surface area contributed by atoms with Crippen molar-refractivity contribution in [3.05, 3.63) is 45.9 Å². The summed E-state index contributed by atoms with van der Waals surface area (Å²) in [5.41, 5.74) is 0.549. The lowest BCUT2D eigenvalue weighted by molar-refractivity contribution is 0.0379. The van der Waals surface area contributed by atoms with E-state index >= 15 is 0 Å². The lowest BCUT2D eigenvalue weighted by Crippen LogP contribution is -2.65. The van der Waals surface area contributed by atoms with Crippen LogP contribution in [0, 0.1) is 0 Å². The molecule has 2 aromatic rings. The molecule has 8 heteroatoms. The Labute approximate surface area is 165 Å². The monoisotopic (exact) mass is 406 g/mol. The molecule has 140 valence electrons. The molecule has 1 saturated heterocycles. The van der Waals surface area contributed by atoms with Gasteiger partial charge in [0.25, 0.3) is 0 Å². The number of hydrogen-bond donors (Lipinski definition) is 1. The second-order valence-corrected chi connectivity index (χ2v) is 7.80. The molecule has 0 radical (unpaired) electrons. The molecule has 2 atom stereocenters. The largest absolute Gasteiger partial charge is 0.486 e. The quantitative estimate of drug-likeness (QED) is 0.755. The summed E-state index contributed by atoms with van der Waals surface area (Å²) in [7, 11) is 0. The first kappa shape index (κ1) is 16.8. The second-order valence-electron chi connectivity index (χ2n) is 6.95. The Morgan fingerprint density at radius 1 is 1.15 bits per heavy atom. The van der Waals surface area contributed by atoms with Gasteiger partial charge in [0, 0.05) is 23.1 Å². The third-order valence-corrected chi connectivity index (χ3v) is 5.57. The van der Waals surface area contributed by atoms with Gasteiger partial charge in [0.1, 0.15) is 19.0 Å². The first-order valence-electron chi connectivity index (χ1n) is 8.63. The number of amides is 2.